The lowest BCUT2D eigenvalue weighted by atomic mass is 10.2. The minimum atomic E-state index is 0.185. The maximum atomic E-state index is 5.53. The number of aromatic nitrogens is 2. The summed E-state index contributed by atoms with van der Waals surface area (Å²) < 4.78 is 5.48. The van der Waals surface area contributed by atoms with E-state index in [-0.39, 0.29) is 12.1 Å². The van der Waals surface area contributed by atoms with Gasteiger partial charge in [0.1, 0.15) is 11.6 Å². The van der Waals surface area contributed by atoms with Crippen LogP contribution in [0.4, 0.5) is 17.6 Å². The monoisotopic (exact) mass is 224 g/mol. The van der Waals surface area contributed by atoms with Crippen LogP contribution in [0.15, 0.2) is 6.07 Å². The van der Waals surface area contributed by atoms with Crippen molar-refractivity contribution in [2.75, 3.05) is 29.6 Å². The highest BCUT2D eigenvalue weighted by Crippen LogP contribution is 2.15. The van der Waals surface area contributed by atoms with Gasteiger partial charge in [0.25, 0.3) is 0 Å². The highest BCUT2D eigenvalue weighted by atomic mass is 16.5. The Hall–Kier alpha value is -1.60. The molecule has 88 valence electrons. The molecule has 16 heavy (non-hydrogen) atoms. The van der Waals surface area contributed by atoms with E-state index in [0.717, 1.165) is 26.0 Å². The van der Waals surface area contributed by atoms with Crippen molar-refractivity contribution in [1.82, 2.24) is 9.97 Å². The molecular weight excluding hydrogens is 208 g/mol. The molecule has 1 aromatic rings. The standard InChI is InChI=1S/C9H16N6O/c10-9-13-7(4-8(14-9)15-11)12-5-6-2-1-3-16-6/h4,6H,1-3,5,11H2,(H4,10,12,13,14,15). The van der Waals surface area contributed by atoms with Crippen molar-refractivity contribution in [2.24, 2.45) is 5.84 Å². The van der Waals surface area contributed by atoms with Crippen LogP contribution in [-0.4, -0.2) is 29.2 Å². The minimum Gasteiger partial charge on any atom is -0.376 e. The molecule has 7 nitrogen and oxygen atoms in total. The van der Waals surface area contributed by atoms with E-state index in [2.05, 4.69) is 20.7 Å². The molecular formula is C9H16N6O. The summed E-state index contributed by atoms with van der Waals surface area (Å²) in [6, 6.07) is 1.70. The molecule has 2 heterocycles. The van der Waals surface area contributed by atoms with E-state index in [0.29, 0.717) is 11.6 Å². The maximum absolute atomic E-state index is 5.53. The van der Waals surface area contributed by atoms with E-state index in [1.165, 1.54) is 0 Å². The third-order valence-corrected chi connectivity index (χ3v) is 2.43. The molecule has 7 heteroatoms. The summed E-state index contributed by atoms with van der Waals surface area (Å²) in [5, 5.41) is 3.15. The highest BCUT2D eigenvalue weighted by Gasteiger charge is 2.15. The Bertz CT molecular complexity index is 352. The summed E-state index contributed by atoms with van der Waals surface area (Å²) in [6.07, 6.45) is 2.45. The van der Waals surface area contributed by atoms with Gasteiger partial charge in [0.2, 0.25) is 5.95 Å². The van der Waals surface area contributed by atoms with Crippen LogP contribution in [0.25, 0.3) is 0 Å². The van der Waals surface area contributed by atoms with Gasteiger partial charge in [0, 0.05) is 19.2 Å². The van der Waals surface area contributed by atoms with Crippen molar-refractivity contribution in [2.45, 2.75) is 18.9 Å². The molecule has 0 saturated carbocycles. The Labute approximate surface area is 93.6 Å². The van der Waals surface area contributed by atoms with Gasteiger partial charge in [-0.3, -0.25) is 0 Å². The van der Waals surface area contributed by atoms with Crippen molar-refractivity contribution in [3.63, 3.8) is 0 Å². The van der Waals surface area contributed by atoms with Crippen molar-refractivity contribution in [3.05, 3.63) is 6.07 Å². The summed E-state index contributed by atoms with van der Waals surface area (Å²) in [7, 11) is 0. The van der Waals surface area contributed by atoms with E-state index >= 15 is 0 Å². The van der Waals surface area contributed by atoms with Crippen LogP contribution in [0, 0.1) is 0 Å². The van der Waals surface area contributed by atoms with Crippen LogP contribution in [0.5, 0.6) is 0 Å². The first kappa shape index (κ1) is 10.9. The largest absolute Gasteiger partial charge is 0.376 e. The van der Waals surface area contributed by atoms with E-state index in [9.17, 15) is 0 Å². The van der Waals surface area contributed by atoms with Crippen molar-refractivity contribution in [3.8, 4) is 0 Å². The quantitative estimate of drug-likeness (QED) is 0.418. The third-order valence-electron chi connectivity index (χ3n) is 2.43. The molecule has 0 aromatic carbocycles. The normalized spacial score (nSPS) is 19.7. The number of hydrogen-bond donors (Lipinski definition) is 4. The first-order valence-electron chi connectivity index (χ1n) is 5.24. The maximum Gasteiger partial charge on any atom is 0.223 e. The lowest BCUT2D eigenvalue weighted by Gasteiger charge is -2.12. The Kier molecular flexibility index (Phi) is 3.37. The van der Waals surface area contributed by atoms with E-state index in [1.807, 2.05) is 0 Å². The van der Waals surface area contributed by atoms with Crippen molar-refractivity contribution >= 4 is 17.6 Å². The number of nitrogens with one attached hydrogen (secondary N) is 2. The fraction of sp³-hybridized carbons (Fsp3) is 0.556. The van der Waals surface area contributed by atoms with Crippen LogP contribution in [0.2, 0.25) is 0 Å². The molecule has 1 aliphatic heterocycles. The molecule has 6 N–H and O–H groups in total. The summed E-state index contributed by atoms with van der Waals surface area (Å²) >= 11 is 0. The molecule has 1 saturated heterocycles. The molecule has 1 aliphatic rings. The Morgan fingerprint density at radius 3 is 2.94 bits per heavy atom. The SMILES string of the molecule is NNc1cc(NCC2CCCO2)nc(N)n1. The molecule has 0 amide bonds. The number of hydrogen-bond acceptors (Lipinski definition) is 7. The van der Waals surface area contributed by atoms with Gasteiger partial charge in [0.15, 0.2) is 0 Å². The number of nitrogen functional groups attached to an aromatic ring is 2. The summed E-state index contributed by atoms with van der Waals surface area (Å²) in [5.74, 6) is 6.58. The summed E-state index contributed by atoms with van der Waals surface area (Å²) in [5.41, 5.74) is 7.96. The molecule has 0 aliphatic carbocycles. The smallest absolute Gasteiger partial charge is 0.223 e. The predicted molar refractivity (Wildman–Crippen MR) is 61.7 cm³/mol. The average Bonchev–Trinajstić information content (AvgIpc) is 2.78. The van der Waals surface area contributed by atoms with Gasteiger partial charge in [0.05, 0.1) is 6.10 Å². The van der Waals surface area contributed by atoms with Crippen LogP contribution < -0.4 is 22.3 Å². The van der Waals surface area contributed by atoms with Gasteiger partial charge in [-0.2, -0.15) is 9.97 Å². The van der Waals surface area contributed by atoms with E-state index < -0.39 is 0 Å². The molecule has 0 radical (unpaired) electrons. The average molecular weight is 224 g/mol. The van der Waals surface area contributed by atoms with Crippen LogP contribution in [-0.2, 0) is 4.74 Å². The zero-order valence-corrected chi connectivity index (χ0v) is 8.94. The first-order valence-corrected chi connectivity index (χ1v) is 5.24. The number of rotatable bonds is 4. The summed E-state index contributed by atoms with van der Waals surface area (Å²) in [6.45, 7) is 1.56. The van der Waals surface area contributed by atoms with Gasteiger partial charge >= 0.3 is 0 Å². The zero-order valence-electron chi connectivity index (χ0n) is 8.94. The van der Waals surface area contributed by atoms with Gasteiger partial charge in [-0.1, -0.05) is 0 Å². The number of nitrogens with two attached hydrogens (primary N) is 2. The van der Waals surface area contributed by atoms with Gasteiger partial charge in [-0.25, -0.2) is 5.84 Å². The van der Waals surface area contributed by atoms with Crippen LogP contribution in [0.3, 0.4) is 0 Å². The van der Waals surface area contributed by atoms with Crippen molar-refractivity contribution in [1.29, 1.82) is 0 Å². The third kappa shape index (κ3) is 2.71. The van der Waals surface area contributed by atoms with E-state index in [4.69, 9.17) is 16.3 Å². The molecule has 2 rings (SSSR count). The Balaban J connectivity index is 1.94. The van der Waals surface area contributed by atoms with E-state index in [1.54, 1.807) is 6.07 Å². The second-order valence-electron chi connectivity index (χ2n) is 3.66. The zero-order chi connectivity index (χ0) is 11.4. The molecule has 1 fully saturated rings. The Morgan fingerprint density at radius 1 is 1.44 bits per heavy atom. The molecule has 1 unspecified atom stereocenters. The molecule has 1 atom stereocenters. The highest BCUT2D eigenvalue weighted by molar-refractivity contribution is 5.50. The second-order valence-corrected chi connectivity index (χ2v) is 3.66. The molecule has 1 aromatic heterocycles. The topological polar surface area (TPSA) is 111 Å². The van der Waals surface area contributed by atoms with Gasteiger partial charge < -0.3 is 21.2 Å². The van der Waals surface area contributed by atoms with Gasteiger partial charge in [-0.05, 0) is 12.8 Å². The second kappa shape index (κ2) is 4.95. The number of anilines is 3. The lowest BCUT2D eigenvalue weighted by Crippen LogP contribution is -2.20. The van der Waals surface area contributed by atoms with Crippen LogP contribution in [0.1, 0.15) is 12.8 Å². The fourth-order valence-electron chi connectivity index (χ4n) is 1.65. The number of hydrazine groups is 1. The number of ether oxygens (including phenoxy) is 1. The minimum absolute atomic E-state index is 0.185. The number of nitrogens with zero attached hydrogens (tertiary/aromatic N) is 2. The molecule has 0 bridgehead atoms. The fourth-order valence-corrected chi connectivity index (χ4v) is 1.65. The van der Waals surface area contributed by atoms with Crippen molar-refractivity contribution < 1.29 is 4.74 Å². The first-order chi connectivity index (χ1) is 7.78. The Morgan fingerprint density at radius 2 is 2.25 bits per heavy atom. The lowest BCUT2D eigenvalue weighted by molar-refractivity contribution is 0.120. The van der Waals surface area contributed by atoms with Crippen LogP contribution >= 0.6 is 0 Å². The summed E-state index contributed by atoms with van der Waals surface area (Å²) in [4.78, 5) is 7.94. The predicted octanol–water partition coefficient (Wildman–Crippen LogP) is -0.0647. The van der Waals surface area contributed by atoms with Gasteiger partial charge in [-0.15, -0.1) is 0 Å². The molecule has 0 spiro atoms.